The van der Waals surface area contributed by atoms with E-state index in [1.54, 1.807) is 25.1 Å². The maximum atomic E-state index is 11.6. The lowest BCUT2D eigenvalue weighted by molar-refractivity contribution is -0.127. The third-order valence-electron chi connectivity index (χ3n) is 2.33. The van der Waals surface area contributed by atoms with E-state index in [9.17, 15) is 9.90 Å². The van der Waals surface area contributed by atoms with Crippen molar-refractivity contribution in [3.05, 3.63) is 24.3 Å². The van der Waals surface area contributed by atoms with Gasteiger partial charge >= 0.3 is 0 Å². The predicted molar refractivity (Wildman–Crippen MR) is 66.1 cm³/mol. The van der Waals surface area contributed by atoms with Gasteiger partial charge in [0.15, 0.2) is 6.10 Å². The first kappa shape index (κ1) is 13.4. The zero-order valence-corrected chi connectivity index (χ0v) is 10.3. The van der Waals surface area contributed by atoms with Gasteiger partial charge in [-0.05, 0) is 25.5 Å². The molecule has 0 radical (unpaired) electrons. The number of hydrogen-bond donors (Lipinski definition) is 2. The molecule has 94 valence electrons. The van der Waals surface area contributed by atoms with E-state index in [4.69, 9.17) is 4.74 Å². The van der Waals surface area contributed by atoms with Crippen LogP contribution in [0.4, 0.5) is 0 Å². The SMILES string of the molecule is CCCCNC(=O)C(C)Oc1cccc(O)c1. The molecule has 1 rings (SSSR count). The molecule has 2 N–H and O–H groups in total. The van der Waals surface area contributed by atoms with Crippen LogP contribution in [0.5, 0.6) is 11.5 Å². The van der Waals surface area contributed by atoms with Gasteiger partial charge in [-0.3, -0.25) is 4.79 Å². The summed E-state index contributed by atoms with van der Waals surface area (Å²) in [6.45, 7) is 4.42. The molecule has 0 saturated carbocycles. The van der Waals surface area contributed by atoms with Gasteiger partial charge in [-0.15, -0.1) is 0 Å². The smallest absolute Gasteiger partial charge is 0.260 e. The number of amides is 1. The van der Waals surface area contributed by atoms with E-state index in [-0.39, 0.29) is 11.7 Å². The fourth-order valence-electron chi connectivity index (χ4n) is 1.35. The zero-order valence-electron chi connectivity index (χ0n) is 10.3. The Morgan fingerprint density at radius 2 is 2.29 bits per heavy atom. The van der Waals surface area contributed by atoms with Gasteiger partial charge in [0.2, 0.25) is 0 Å². The fraction of sp³-hybridized carbons (Fsp3) is 0.462. The Bertz CT molecular complexity index is 365. The zero-order chi connectivity index (χ0) is 12.7. The molecule has 4 nitrogen and oxygen atoms in total. The molecule has 17 heavy (non-hydrogen) atoms. The second-order valence-corrected chi connectivity index (χ2v) is 3.90. The molecule has 0 fully saturated rings. The van der Waals surface area contributed by atoms with Gasteiger partial charge in [0, 0.05) is 12.6 Å². The Balaban J connectivity index is 2.43. The van der Waals surface area contributed by atoms with Crippen LogP contribution in [-0.2, 0) is 4.79 Å². The molecule has 1 aromatic carbocycles. The Hall–Kier alpha value is -1.71. The summed E-state index contributed by atoms with van der Waals surface area (Å²) in [5.41, 5.74) is 0. The molecule has 0 aliphatic rings. The van der Waals surface area contributed by atoms with Crippen LogP contribution >= 0.6 is 0 Å². The normalized spacial score (nSPS) is 11.9. The van der Waals surface area contributed by atoms with E-state index in [2.05, 4.69) is 12.2 Å². The summed E-state index contributed by atoms with van der Waals surface area (Å²) in [6.07, 6.45) is 1.45. The lowest BCUT2D eigenvalue weighted by Gasteiger charge is -2.14. The summed E-state index contributed by atoms with van der Waals surface area (Å²) in [6, 6.07) is 6.41. The van der Waals surface area contributed by atoms with E-state index in [0.29, 0.717) is 12.3 Å². The predicted octanol–water partition coefficient (Wildman–Crippen LogP) is 2.08. The van der Waals surface area contributed by atoms with Crippen molar-refractivity contribution in [3.63, 3.8) is 0 Å². The summed E-state index contributed by atoms with van der Waals surface area (Å²) >= 11 is 0. The number of carbonyl (C=O) groups is 1. The maximum absolute atomic E-state index is 11.6. The lowest BCUT2D eigenvalue weighted by Crippen LogP contribution is -2.36. The minimum absolute atomic E-state index is 0.126. The molecule has 0 aliphatic carbocycles. The number of hydrogen-bond acceptors (Lipinski definition) is 3. The molecule has 1 aromatic rings. The second kappa shape index (κ2) is 6.78. The highest BCUT2D eigenvalue weighted by Crippen LogP contribution is 2.18. The van der Waals surface area contributed by atoms with Crippen molar-refractivity contribution in [2.75, 3.05) is 6.54 Å². The average Bonchev–Trinajstić information content (AvgIpc) is 2.29. The first-order valence-electron chi connectivity index (χ1n) is 5.87. The Kier molecular flexibility index (Phi) is 5.33. The van der Waals surface area contributed by atoms with Crippen LogP contribution in [0.25, 0.3) is 0 Å². The number of phenols is 1. The number of benzene rings is 1. The van der Waals surface area contributed by atoms with Crippen molar-refractivity contribution in [1.29, 1.82) is 0 Å². The van der Waals surface area contributed by atoms with Crippen LogP contribution in [-0.4, -0.2) is 23.7 Å². The molecule has 0 aliphatic heterocycles. The van der Waals surface area contributed by atoms with Crippen molar-refractivity contribution in [1.82, 2.24) is 5.32 Å². The number of carbonyl (C=O) groups excluding carboxylic acids is 1. The van der Waals surface area contributed by atoms with Crippen molar-refractivity contribution >= 4 is 5.91 Å². The Morgan fingerprint density at radius 3 is 2.94 bits per heavy atom. The van der Waals surface area contributed by atoms with Crippen molar-refractivity contribution in [2.45, 2.75) is 32.8 Å². The number of aromatic hydroxyl groups is 1. The monoisotopic (exact) mass is 237 g/mol. The molecule has 0 heterocycles. The largest absolute Gasteiger partial charge is 0.508 e. The summed E-state index contributed by atoms with van der Waals surface area (Å²) in [4.78, 5) is 11.6. The summed E-state index contributed by atoms with van der Waals surface area (Å²) in [5.74, 6) is 0.478. The second-order valence-electron chi connectivity index (χ2n) is 3.90. The first-order chi connectivity index (χ1) is 8.13. The molecule has 1 amide bonds. The van der Waals surface area contributed by atoms with Crippen LogP contribution in [0.1, 0.15) is 26.7 Å². The van der Waals surface area contributed by atoms with Gasteiger partial charge in [0.25, 0.3) is 5.91 Å². The van der Waals surface area contributed by atoms with Gasteiger partial charge in [0.1, 0.15) is 11.5 Å². The van der Waals surface area contributed by atoms with Gasteiger partial charge in [-0.2, -0.15) is 0 Å². The number of ether oxygens (including phenoxy) is 1. The highest BCUT2D eigenvalue weighted by atomic mass is 16.5. The van der Waals surface area contributed by atoms with Crippen LogP contribution in [0.15, 0.2) is 24.3 Å². The van der Waals surface area contributed by atoms with E-state index < -0.39 is 6.10 Å². The number of rotatable bonds is 6. The molecule has 0 spiro atoms. The third kappa shape index (κ3) is 4.76. The average molecular weight is 237 g/mol. The molecule has 1 atom stereocenters. The van der Waals surface area contributed by atoms with E-state index >= 15 is 0 Å². The third-order valence-corrected chi connectivity index (χ3v) is 2.33. The molecule has 0 saturated heterocycles. The molecule has 0 bridgehead atoms. The molecular formula is C13H19NO3. The highest BCUT2D eigenvalue weighted by Gasteiger charge is 2.13. The maximum Gasteiger partial charge on any atom is 0.260 e. The Morgan fingerprint density at radius 1 is 1.53 bits per heavy atom. The summed E-state index contributed by atoms with van der Waals surface area (Å²) in [7, 11) is 0. The van der Waals surface area contributed by atoms with Gasteiger partial charge in [-0.1, -0.05) is 19.4 Å². The molecule has 4 heteroatoms. The minimum atomic E-state index is -0.561. The summed E-state index contributed by atoms with van der Waals surface area (Å²) in [5, 5.41) is 12.0. The van der Waals surface area contributed by atoms with E-state index in [1.165, 1.54) is 6.07 Å². The molecular weight excluding hydrogens is 218 g/mol. The van der Waals surface area contributed by atoms with Gasteiger partial charge in [-0.25, -0.2) is 0 Å². The standard InChI is InChI=1S/C13H19NO3/c1-3-4-8-14-13(16)10(2)17-12-7-5-6-11(15)9-12/h5-7,9-10,15H,3-4,8H2,1-2H3,(H,14,16). The number of nitrogens with one attached hydrogen (secondary N) is 1. The quantitative estimate of drug-likeness (QED) is 0.745. The highest BCUT2D eigenvalue weighted by molar-refractivity contribution is 5.80. The number of unbranched alkanes of at least 4 members (excludes halogenated alkanes) is 1. The molecule has 0 aromatic heterocycles. The van der Waals surface area contributed by atoms with Crippen LogP contribution < -0.4 is 10.1 Å². The van der Waals surface area contributed by atoms with Crippen LogP contribution in [0.3, 0.4) is 0 Å². The van der Waals surface area contributed by atoms with Gasteiger partial charge in [0.05, 0.1) is 0 Å². The van der Waals surface area contributed by atoms with E-state index in [0.717, 1.165) is 12.8 Å². The van der Waals surface area contributed by atoms with Crippen molar-refractivity contribution in [2.24, 2.45) is 0 Å². The van der Waals surface area contributed by atoms with Crippen molar-refractivity contribution in [3.8, 4) is 11.5 Å². The minimum Gasteiger partial charge on any atom is -0.508 e. The van der Waals surface area contributed by atoms with Crippen LogP contribution in [0, 0.1) is 0 Å². The topological polar surface area (TPSA) is 58.6 Å². The van der Waals surface area contributed by atoms with Crippen molar-refractivity contribution < 1.29 is 14.6 Å². The summed E-state index contributed by atoms with van der Waals surface area (Å²) < 4.78 is 5.42. The van der Waals surface area contributed by atoms with E-state index in [1.807, 2.05) is 0 Å². The molecule has 1 unspecified atom stereocenters. The fourth-order valence-corrected chi connectivity index (χ4v) is 1.35. The Labute approximate surface area is 102 Å². The first-order valence-corrected chi connectivity index (χ1v) is 5.87. The lowest BCUT2D eigenvalue weighted by atomic mass is 10.3. The number of phenolic OH excluding ortho intramolecular Hbond substituents is 1. The van der Waals surface area contributed by atoms with Gasteiger partial charge < -0.3 is 15.2 Å². The van der Waals surface area contributed by atoms with Crippen LogP contribution in [0.2, 0.25) is 0 Å².